The Balaban J connectivity index is 1.82. The summed E-state index contributed by atoms with van der Waals surface area (Å²) in [5.74, 6) is 1.84. The number of furan rings is 1. The number of nitrogens with zero attached hydrogens (tertiary/aromatic N) is 1. The molecule has 0 bridgehead atoms. The molecule has 1 atom stereocenters. The van der Waals surface area contributed by atoms with Crippen LogP contribution in [0.3, 0.4) is 0 Å². The van der Waals surface area contributed by atoms with Crippen LogP contribution in [0.5, 0.6) is 11.5 Å². The van der Waals surface area contributed by atoms with Gasteiger partial charge in [0.2, 0.25) is 0 Å². The average molecular weight is 364 g/mol. The zero-order valence-corrected chi connectivity index (χ0v) is 15.1. The fourth-order valence-electron chi connectivity index (χ4n) is 3.40. The van der Waals surface area contributed by atoms with Gasteiger partial charge in [0.1, 0.15) is 11.9 Å². The molecule has 6 nitrogen and oxygen atoms in total. The van der Waals surface area contributed by atoms with Crippen molar-refractivity contribution in [3.8, 4) is 11.5 Å². The lowest BCUT2D eigenvalue weighted by molar-refractivity contribution is 0.0649. The van der Waals surface area contributed by atoms with Crippen molar-refractivity contribution in [3.05, 3.63) is 77.7 Å². The molecule has 0 saturated carbocycles. The number of ether oxygens (including phenoxy) is 2. The minimum atomic E-state index is -0.428. The molecular weight excluding hydrogens is 344 g/mol. The Morgan fingerprint density at radius 2 is 1.89 bits per heavy atom. The topological polar surface area (TPSA) is 63.9 Å². The van der Waals surface area contributed by atoms with Gasteiger partial charge in [-0.15, -0.1) is 0 Å². The SMILES string of the molecule is COc1cccc(C2Nc3ccccc3C(=O)N2Cc2ccco2)c1OC. The molecule has 0 aliphatic carbocycles. The van der Waals surface area contributed by atoms with E-state index in [1.54, 1.807) is 25.4 Å². The van der Waals surface area contributed by atoms with Gasteiger partial charge in [-0.3, -0.25) is 4.79 Å². The van der Waals surface area contributed by atoms with Crippen LogP contribution in [-0.2, 0) is 6.54 Å². The van der Waals surface area contributed by atoms with Gasteiger partial charge in [-0.25, -0.2) is 0 Å². The highest BCUT2D eigenvalue weighted by molar-refractivity contribution is 6.01. The van der Waals surface area contributed by atoms with Crippen LogP contribution >= 0.6 is 0 Å². The predicted molar refractivity (Wildman–Crippen MR) is 101 cm³/mol. The second-order valence-corrected chi connectivity index (χ2v) is 6.19. The summed E-state index contributed by atoms with van der Waals surface area (Å²) in [7, 11) is 3.19. The molecule has 27 heavy (non-hydrogen) atoms. The third kappa shape index (κ3) is 2.99. The van der Waals surface area contributed by atoms with Crippen LogP contribution in [0.15, 0.2) is 65.3 Å². The highest BCUT2D eigenvalue weighted by atomic mass is 16.5. The van der Waals surface area contributed by atoms with Crippen molar-refractivity contribution in [2.45, 2.75) is 12.7 Å². The molecule has 3 aromatic rings. The van der Waals surface area contributed by atoms with Crippen LogP contribution in [0.4, 0.5) is 5.69 Å². The lowest BCUT2D eigenvalue weighted by Gasteiger charge is -2.38. The molecule has 138 valence electrons. The second-order valence-electron chi connectivity index (χ2n) is 6.19. The van der Waals surface area contributed by atoms with E-state index in [1.807, 2.05) is 54.6 Å². The normalized spacial score (nSPS) is 15.9. The van der Waals surface area contributed by atoms with E-state index in [4.69, 9.17) is 13.9 Å². The molecule has 1 aliphatic heterocycles. The van der Waals surface area contributed by atoms with E-state index in [1.165, 1.54) is 0 Å². The summed E-state index contributed by atoms with van der Waals surface area (Å²) in [5, 5.41) is 3.46. The average Bonchev–Trinajstić information content (AvgIpc) is 3.22. The molecule has 0 fully saturated rings. The Morgan fingerprint density at radius 3 is 2.63 bits per heavy atom. The molecule has 1 amide bonds. The molecular formula is C21H20N2O4. The quantitative estimate of drug-likeness (QED) is 0.740. The molecule has 0 radical (unpaired) electrons. The van der Waals surface area contributed by atoms with Crippen LogP contribution in [0.2, 0.25) is 0 Å². The second kappa shape index (κ2) is 7.07. The Labute approximate surface area is 157 Å². The largest absolute Gasteiger partial charge is 0.493 e. The van der Waals surface area contributed by atoms with E-state index in [-0.39, 0.29) is 5.91 Å². The van der Waals surface area contributed by atoms with E-state index in [9.17, 15) is 4.79 Å². The van der Waals surface area contributed by atoms with Crippen molar-refractivity contribution >= 4 is 11.6 Å². The van der Waals surface area contributed by atoms with Gasteiger partial charge in [0.05, 0.1) is 32.6 Å². The van der Waals surface area contributed by atoms with Gasteiger partial charge < -0.3 is 24.1 Å². The fraction of sp³-hybridized carbons (Fsp3) is 0.190. The monoisotopic (exact) mass is 364 g/mol. The van der Waals surface area contributed by atoms with Gasteiger partial charge in [-0.2, -0.15) is 0 Å². The van der Waals surface area contributed by atoms with Crippen molar-refractivity contribution in [3.63, 3.8) is 0 Å². The van der Waals surface area contributed by atoms with Crippen LogP contribution < -0.4 is 14.8 Å². The van der Waals surface area contributed by atoms with E-state index in [0.29, 0.717) is 29.4 Å². The van der Waals surface area contributed by atoms with Crippen molar-refractivity contribution in [2.75, 3.05) is 19.5 Å². The zero-order chi connectivity index (χ0) is 18.8. The zero-order valence-electron chi connectivity index (χ0n) is 15.1. The molecule has 1 N–H and O–H groups in total. The highest BCUT2D eigenvalue weighted by Crippen LogP contribution is 2.41. The number of methoxy groups -OCH3 is 2. The van der Waals surface area contributed by atoms with Crippen LogP contribution in [0.25, 0.3) is 0 Å². The number of carbonyl (C=O) groups excluding carboxylic acids is 1. The first-order valence-corrected chi connectivity index (χ1v) is 8.62. The van der Waals surface area contributed by atoms with Crippen molar-refractivity contribution in [2.24, 2.45) is 0 Å². The molecule has 6 heteroatoms. The van der Waals surface area contributed by atoms with Gasteiger partial charge in [-0.1, -0.05) is 24.3 Å². The molecule has 0 saturated heterocycles. The number of benzene rings is 2. The predicted octanol–water partition coefficient (Wildman–Crippen LogP) is 4.06. The Morgan fingerprint density at radius 1 is 1.04 bits per heavy atom. The maximum absolute atomic E-state index is 13.3. The molecule has 1 unspecified atom stereocenters. The molecule has 0 spiro atoms. The number of nitrogens with one attached hydrogen (secondary N) is 1. The summed E-state index contributed by atoms with van der Waals surface area (Å²) in [6.07, 6.45) is 1.18. The first-order valence-electron chi connectivity index (χ1n) is 8.62. The number of anilines is 1. The van der Waals surface area contributed by atoms with Gasteiger partial charge in [0.25, 0.3) is 5.91 Å². The maximum atomic E-state index is 13.3. The summed E-state index contributed by atoms with van der Waals surface area (Å²) in [4.78, 5) is 15.0. The number of rotatable bonds is 5. The number of para-hydroxylation sites is 2. The first kappa shape index (κ1) is 17.0. The van der Waals surface area contributed by atoms with Crippen LogP contribution in [-0.4, -0.2) is 25.0 Å². The third-order valence-corrected chi connectivity index (χ3v) is 4.66. The first-order chi connectivity index (χ1) is 13.2. The molecule has 1 aliphatic rings. The van der Waals surface area contributed by atoms with Gasteiger partial charge >= 0.3 is 0 Å². The number of hydrogen-bond acceptors (Lipinski definition) is 5. The van der Waals surface area contributed by atoms with E-state index >= 15 is 0 Å². The third-order valence-electron chi connectivity index (χ3n) is 4.66. The lowest BCUT2D eigenvalue weighted by Crippen LogP contribution is -2.42. The number of amides is 1. The van der Waals surface area contributed by atoms with E-state index < -0.39 is 6.17 Å². The van der Waals surface area contributed by atoms with Crippen molar-refractivity contribution in [1.82, 2.24) is 4.90 Å². The smallest absolute Gasteiger partial charge is 0.258 e. The molecule has 1 aromatic heterocycles. The van der Waals surface area contributed by atoms with Crippen LogP contribution in [0.1, 0.15) is 27.8 Å². The lowest BCUT2D eigenvalue weighted by atomic mass is 10.0. The number of carbonyl (C=O) groups is 1. The van der Waals surface area contributed by atoms with E-state index in [2.05, 4.69) is 5.32 Å². The Hall–Kier alpha value is -3.41. The van der Waals surface area contributed by atoms with Crippen LogP contribution in [0, 0.1) is 0 Å². The summed E-state index contributed by atoms with van der Waals surface area (Å²) >= 11 is 0. The minimum Gasteiger partial charge on any atom is -0.493 e. The van der Waals surface area contributed by atoms with Gasteiger partial charge in [0.15, 0.2) is 11.5 Å². The maximum Gasteiger partial charge on any atom is 0.258 e. The standard InChI is InChI=1S/C21H20N2O4/c1-25-18-11-5-9-16(19(18)26-2)20-22-17-10-4-3-8-15(17)21(24)23(20)13-14-7-6-12-27-14/h3-12,20,22H,13H2,1-2H3. The molecule has 2 aromatic carbocycles. The Bertz CT molecular complexity index is 953. The van der Waals surface area contributed by atoms with Crippen molar-refractivity contribution in [1.29, 1.82) is 0 Å². The highest BCUT2D eigenvalue weighted by Gasteiger charge is 2.35. The molecule has 4 rings (SSSR count). The summed E-state index contributed by atoms with van der Waals surface area (Å²) in [6, 6.07) is 16.8. The van der Waals surface area contributed by atoms with Gasteiger partial charge in [0, 0.05) is 11.3 Å². The van der Waals surface area contributed by atoms with Crippen molar-refractivity contribution < 1.29 is 18.7 Å². The minimum absolute atomic E-state index is 0.0735. The van der Waals surface area contributed by atoms with E-state index in [0.717, 1.165) is 11.3 Å². The molecule has 2 heterocycles. The summed E-state index contributed by atoms with van der Waals surface area (Å²) in [6.45, 7) is 0.332. The number of hydrogen-bond donors (Lipinski definition) is 1. The fourth-order valence-corrected chi connectivity index (χ4v) is 3.40. The summed E-state index contributed by atoms with van der Waals surface area (Å²) < 4.78 is 16.5. The Kier molecular flexibility index (Phi) is 4.46. The number of fused-ring (bicyclic) bond motifs is 1. The van der Waals surface area contributed by atoms with Gasteiger partial charge in [-0.05, 0) is 30.3 Å². The summed E-state index contributed by atoms with van der Waals surface area (Å²) in [5.41, 5.74) is 2.22.